The Bertz CT molecular complexity index is 1540. The van der Waals surface area contributed by atoms with E-state index in [2.05, 4.69) is 45.6 Å². The molecule has 1 atom stereocenters. The van der Waals surface area contributed by atoms with Crippen molar-refractivity contribution in [2.24, 2.45) is 5.92 Å². The monoisotopic (exact) mass is 693 g/mol. The molecule has 266 valence electrons. The molecule has 13 heteroatoms. The molecule has 12 nitrogen and oxygen atoms in total. The van der Waals surface area contributed by atoms with Gasteiger partial charge >= 0.3 is 6.09 Å². The van der Waals surface area contributed by atoms with Crippen molar-refractivity contribution < 1.29 is 14.3 Å². The van der Waals surface area contributed by atoms with Crippen molar-refractivity contribution in [1.82, 2.24) is 40.7 Å². The van der Waals surface area contributed by atoms with Crippen LogP contribution in [0.2, 0.25) is 5.02 Å². The number of aromatic amines is 1. The van der Waals surface area contributed by atoms with Crippen molar-refractivity contribution in [2.75, 3.05) is 70.3 Å². The van der Waals surface area contributed by atoms with Crippen molar-refractivity contribution in [3.05, 3.63) is 53.4 Å². The molecule has 0 aliphatic carbocycles. The van der Waals surface area contributed by atoms with E-state index in [1.54, 1.807) is 6.33 Å². The Balaban J connectivity index is 1.14. The smallest absolute Gasteiger partial charge is 0.408 e. The molecular formula is C36H52ClN9O3. The number of nitrogens with one attached hydrogen (secondary N) is 4. The van der Waals surface area contributed by atoms with Gasteiger partial charge in [0.2, 0.25) is 5.91 Å². The molecule has 3 saturated heterocycles. The van der Waals surface area contributed by atoms with Gasteiger partial charge in [0, 0.05) is 63.6 Å². The number of halogens is 1. The summed E-state index contributed by atoms with van der Waals surface area (Å²) in [6.07, 6.45) is 6.72. The van der Waals surface area contributed by atoms with Crippen LogP contribution in [0.1, 0.15) is 64.5 Å². The maximum Gasteiger partial charge on any atom is 0.408 e. The van der Waals surface area contributed by atoms with Crippen LogP contribution in [0.5, 0.6) is 0 Å². The van der Waals surface area contributed by atoms with Crippen molar-refractivity contribution in [1.29, 1.82) is 0 Å². The number of amides is 2. The number of carbonyl (C=O) groups is 2. The van der Waals surface area contributed by atoms with Gasteiger partial charge in [-0.05, 0) is 95.6 Å². The number of anilines is 1. The molecule has 3 aliphatic heterocycles. The second-order valence-corrected chi connectivity index (χ2v) is 15.3. The predicted octanol–water partition coefficient (Wildman–Crippen LogP) is 4.34. The molecule has 0 spiro atoms. The number of carbonyl (C=O) groups excluding carboxylic acids is 2. The maximum absolute atomic E-state index is 14.5. The number of likely N-dealkylation sites (tertiary alicyclic amines) is 1. The number of rotatable bonds is 10. The minimum atomic E-state index is -1.16. The summed E-state index contributed by atoms with van der Waals surface area (Å²) in [5.41, 5.74) is -0.1000. The molecule has 3 aliphatic rings. The summed E-state index contributed by atoms with van der Waals surface area (Å²) in [6.45, 7) is 15.2. The van der Waals surface area contributed by atoms with Crippen molar-refractivity contribution in [3.8, 4) is 0 Å². The average Bonchev–Trinajstić information content (AvgIpc) is 3.57. The van der Waals surface area contributed by atoms with Crippen LogP contribution in [0.25, 0.3) is 11.0 Å². The lowest BCUT2D eigenvalue weighted by molar-refractivity contribution is -0.129. The first-order valence-electron chi connectivity index (χ1n) is 17.8. The summed E-state index contributed by atoms with van der Waals surface area (Å²) in [6, 6.07) is 9.42. The Kier molecular flexibility index (Phi) is 11.3. The zero-order chi connectivity index (χ0) is 34.4. The van der Waals surface area contributed by atoms with Crippen LogP contribution in [0, 0.1) is 5.92 Å². The SMILES string of the molecule is CC(C)(C)OC(=O)NC1(C(=O)N[C@@H](CCN2CCC(CN3CCNCC3)CC2)c2ccc(Cl)cc2)CCN(c2ncnc3[nH]ccc23)CC1. The van der Waals surface area contributed by atoms with E-state index in [0.717, 1.165) is 80.6 Å². The normalized spacial score (nSPS) is 20.2. The quantitative estimate of drug-likeness (QED) is 0.245. The summed E-state index contributed by atoms with van der Waals surface area (Å²) in [5.74, 6) is 1.34. The van der Waals surface area contributed by atoms with Gasteiger partial charge in [0.15, 0.2) is 0 Å². The van der Waals surface area contributed by atoms with Crippen LogP contribution >= 0.6 is 11.6 Å². The molecule has 0 saturated carbocycles. The average molecular weight is 694 g/mol. The zero-order valence-electron chi connectivity index (χ0n) is 29.1. The van der Waals surface area contributed by atoms with E-state index in [4.69, 9.17) is 16.3 Å². The molecule has 3 aromatic rings. The van der Waals surface area contributed by atoms with Crippen LogP contribution in [-0.4, -0.2) is 113 Å². The maximum atomic E-state index is 14.5. The molecule has 0 radical (unpaired) electrons. The Labute approximate surface area is 294 Å². The van der Waals surface area contributed by atoms with Crippen LogP contribution < -0.4 is 20.9 Å². The van der Waals surface area contributed by atoms with Gasteiger partial charge in [-0.2, -0.15) is 0 Å². The first-order valence-corrected chi connectivity index (χ1v) is 18.2. The molecule has 3 fully saturated rings. The molecule has 2 aromatic heterocycles. The van der Waals surface area contributed by atoms with Gasteiger partial charge < -0.3 is 40.4 Å². The van der Waals surface area contributed by atoms with Crippen molar-refractivity contribution in [3.63, 3.8) is 0 Å². The summed E-state index contributed by atoms with van der Waals surface area (Å²) < 4.78 is 5.66. The van der Waals surface area contributed by atoms with Gasteiger partial charge in [0.05, 0.1) is 11.4 Å². The Morgan fingerprint density at radius 2 is 1.71 bits per heavy atom. The van der Waals surface area contributed by atoms with E-state index < -0.39 is 17.2 Å². The molecule has 1 aromatic carbocycles. The highest BCUT2D eigenvalue weighted by Gasteiger charge is 2.45. The third-order valence-corrected chi connectivity index (χ3v) is 10.4. The van der Waals surface area contributed by atoms with Crippen LogP contribution in [-0.2, 0) is 9.53 Å². The second kappa shape index (κ2) is 15.6. The number of ether oxygens (including phenoxy) is 1. The predicted molar refractivity (Wildman–Crippen MR) is 193 cm³/mol. The van der Waals surface area contributed by atoms with E-state index in [9.17, 15) is 9.59 Å². The van der Waals surface area contributed by atoms with Crippen LogP contribution in [0.3, 0.4) is 0 Å². The fourth-order valence-corrected chi connectivity index (χ4v) is 7.52. The molecule has 0 bridgehead atoms. The summed E-state index contributed by atoms with van der Waals surface area (Å²) >= 11 is 6.27. The number of H-pyrrole nitrogens is 1. The molecule has 49 heavy (non-hydrogen) atoms. The standard InChI is InChI=1S/C36H52ClN9O3/c1-35(2,3)49-34(48)43-36(12-20-46(21-13-36)32-29-8-14-39-31(29)40-25-41-32)33(47)42-30(27-4-6-28(37)7-5-27)11-19-44-17-9-26(10-18-44)24-45-22-15-38-16-23-45/h4-8,14,25-26,30,38H,9-13,15-24H2,1-3H3,(H,42,47)(H,43,48)(H,39,40,41)/t30-/m0/s1. The number of aromatic nitrogens is 3. The third-order valence-electron chi connectivity index (χ3n) is 10.2. The first kappa shape index (κ1) is 35.4. The van der Waals surface area contributed by atoms with E-state index >= 15 is 0 Å². The van der Waals surface area contributed by atoms with Crippen molar-refractivity contribution in [2.45, 2.75) is 70.1 Å². The van der Waals surface area contributed by atoms with E-state index in [-0.39, 0.29) is 11.9 Å². The topological polar surface area (TPSA) is 131 Å². The van der Waals surface area contributed by atoms with Gasteiger partial charge in [0.25, 0.3) is 0 Å². The second-order valence-electron chi connectivity index (χ2n) is 14.8. The van der Waals surface area contributed by atoms with Crippen molar-refractivity contribution >= 4 is 40.5 Å². The Morgan fingerprint density at radius 1 is 1.00 bits per heavy atom. The largest absolute Gasteiger partial charge is 0.444 e. The lowest BCUT2D eigenvalue weighted by Crippen LogP contribution is -2.64. The molecule has 4 N–H and O–H groups in total. The summed E-state index contributed by atoms with van der Waals surface area (Å²) in [5, 5.41) is 11.4. The molecule has 0 unspecified atom stereocenters. The first-order chi connectivity index (χ1) is 23.6. The number of benzene rings is 1. The fraction of sp³-hybridized carbons (Fsp3) is 0.611. The number of nitrogens with zero attached hydrogens (tertiary/aromatic N) is 5. The minimum Gasteiger partial charge on any atom is -0.444 e. The highest BCUT2D eigenvalue weighted by Crippen LogP contribution is 2.31. The lowest BCUT2D eigenvalue weighted by atomic mass is 9.85. The Morgan fingerprint density at radius 3 is 2.41 bits per heavy atom. The van der Waals surface area contributed by atoms with E-state index in [0.29, 0.717) is 31.0 Å². The van der Waals surface area contributed by atoms with Gasteiger partial charge in [-0.1, -0.05) is 23.7 Å². The molecule has 5 heterocycles. The number of hydrogen-bond acceptors (Lipinski definition) is 9. The highest BCUT2D eigenvalue weighted by molar-refractivity contribution is 6.30. The van der Waals surface area contributed by atoms with Gasteiger partial charge in [-0.25, -0.2) is 14.8 Å². The zero-order valence-corrected chi connectivity index (χ0v) is 29.9. The molecule has 2 amide bonds. The number of hydrogen-bond donors (Lipinski definition) is 4. The molecular weight excluding hydrogens is 642 g/mol. The van der Waals surface area contributed by atoms with Crippen LogP contribution in [0.15, 0.2) is 42.9 Å². The third kappa shape index (κ3) is 9.22. The minimum absolute atomic E-state index is 0.206. The summed E-state index contributed by atoms with van der Waals surface area (Å²) in [7, 11) is 0. The highest BCUT2D eigenvalue weighted by atomic mass is 35.5. The van der Waals surface area contributed by atoms with Gasteiger partial charge in [-0.15, -0.1) is 0 Å². The van der Waals surface area contributed by atoms with E-state index in [1.165, 1.54) is 19.4 Å². The fourth-order valence-electron chi connectivity index (χ4n) is 7.40. The number of alkyl carbamates (subject to hydrolysis) is 1. The molecule has 6 rings (SSSR count). The van der Waals surface area contributed by atoms with E-state index in [1.807, 2.05) is 57.3 Å². The van der Waals surface area contributed by atoms with Gasteiger partial charge in [-0.3, -0.25) is 4.79 Å². The van der Waals surface area contributed by atoms with Gasteiger partial charge in [0.1, 0.15) is 28.9 Å². The number of fused-ring (bicyclic) bond motifs is 1. The lowest BCUT2D eigenvalue weighted by Gasteiger charge is -2.42. The Hall–Kier alpha value is -3.45. The van der Waals surface area contributed by atoms with Crippen LogP contribution in [0.4, 0.5) is 10.6 Å². The number of piperazine rings is 1. The summed E-state index contributed by atoms with van der Waals surface area (Å²) in [4.78, 5) is 47.0. The number of piperidine rings is 2.